The number of amides is 1. The van der Waals surface area contributed by atoms with Crippen molar-refractivity contribution >= 4 is 56.2 Å². The number of sulfonamides is 1. The van der Waals surface area contributed by atoms with Crippen LogP contribution in [0.2, 0.25) is 0 Å². The van der Waals surface area contributed by atoms with E-state index in [4.69, 9.17) is 17.0 Å². The minimum absolute atomic E-state index is 0.0178. The second-order valence-electron chi connectivity index (χ2n) is 11.1. The third kappa shape index (κ3) is 9.32. The fourth-order valence-electron chi connectivity index (χ4n) is 4.02. The van der Waals surface area contributed by atoms with Crippen LogP contribution in [0.5, 0.6) is 0 Å². The molecule has 0 unspecified atom stereocenters. The molecular weight excluding hydrogens is 603 g/mol. The Morgan fingerprint density at radius 1 is 0.977 bits per heavy atom. The Kier molecular flexibility index (Phi) is 10.2. The molecular formula is C31H35N5O4S3. The number of anilines is 2. The molecule has 0 spiro atoms. The first-order chi connectivity index (χ1) is 20.3. The van der Waals surface area contributed by atoms with Gasteiger partial charge in [0.25, 0.3) is 0 Å². The highest BCUT2D eigenvalue weighted by atomic mass is 32.2. The normalized spacial score (nSPS) is 11.7. The molecule has 4 rings (SSSR count). The van der Waals surface area contributed by atoms with Gasteiger partial charge in [-0.2, -0.15) is 0 Å². The van der Waals surface area contributed by atoms with Crippen molar-refractivity contribution in [3.63, 3.8) is 0 Å². The lowest BCUT2D eigenvalue weighted by molar-refractivity contribution is 0.155. The van der Waals surface area contributed by atoms with E-state index >= 15 is 0 Å². The Balaban J connectivity index is 1.58. The Morgan fingerprint density at radius 3 is 2.30 bits per heavy atom. The summed E-state index contributed by atoms with van der Waals surface area (Å²) in [7, 11) is -3.98. The Morgan fingerprint density at radius 2 is 1.65 bits per heavy atom. The van der Waals surface area contributed by atoms with Gasteiger partial charge < -0.3 is 15.4 Å². The molecule has 4 aromatic rings. The van der Waals surface area contributed by atoms with Gasteiger partial charge in [0.05, 0.1) is 9.77 Å². The SMILES string of the molecule is CC(C)NC(=S)Nc1ccc(-c2ncc(-c3ccc(NC(=O)OCc4ccccc4)cc3S(=O)(=O)NC(C)(C)C)s2)cc1. The van der Waals surface area contributed by atoms with Gasteiger partial charge in [-0.1, -0.05) is 36.4 Å². The van der Waals surface area contributed by atoms with Crippen molar-refractivity contribution in [2.24, 2.45) is 0 Å². The van der Waals surface area contributed by atoms with Gasteiger partial charge in [-0.15, -0.1) is 11.3 Å². The summed E-state index contributed by atoms with van der Waals surface area (Å²) < 4.78 is 35.2. The predicted octanol–water partition coefficient (Wildman–Crippen LogP) is 7.00. The smallest absolute Gasteiger partial charge is 0.411 e. The van der Waals surface area contributed by atoms with Gasteiger partial charge in [-0.05, 0) is 88.8 Å². The fraction of sp³-hybridized carbons (Fsp3) is 0.258. The lowest BCUT2D eigenvalue weighted by Crippen LogP contribution is -2.40. The zero-order valence-corrected chi connectivity index (χ0v) is 27.0. The lowest BCUT2D eigenvalue weighted by Gasteiger charge is -2.22. The van der Waals surface area contributed by atoms with Crippen LogP contribution in [-0.4, -0.2) is 36.2 Å². The maximum Gasteiger partial charge on any atom is 0.411 e. The second kappa shape index (κ2) is 13.6. The van der Waals surface area contributed by atoms with Crippen molar-refractivity contribution in [1.82, 2.24) is 15.0 Å². The Bertz CT molecular complexity index is 1680. The topological polar surface area (TPSA) is 121 Å². The molecule has 0 aliphatic rings. The van der Waals surface area contributed by atoms with Crippen LogP contribution in [0.25, 0.3) is 21.0 Å². The summed E-state index contributed by atoms with van der Waals surface area (Å²) in [5.41, 5.74) is 2.58. The van der Waals surface area contributed by atoms with Crippen LogP contribution < -0.4 is 20.7 Å². The van der Waals surface area contributed by atoms with Crippen molar-refractivity contribution in [3.8, 4) is 21.0 Å². The number of thiazole rings is 1. The van der Waals surface area contributed by atoms with E-state index in [9.17, 15) is 13.2 Å². The maximum atomic E-state index is 13.6. The largest absolute Gasteiger partial charge is 0.444 e. The van der Waals surface area contributed by atoms with Crippen LogP contribution in [0, 0.1) is 0 Å². The molecule has 9 nitrogen and oxygen atoms in total. The highest BCUT2D eigenvalue weighted by Crippen LogP contribution is 2.37. The molecule has 0 aliphatic carbocycles. The molecule has 1 amide bonds. The number of nitrogens with one attached hydrogen (secondary N) is 4. The summed E-state index contributed by atoms with van der Waals surface area (Å²) in [4.78, 5) is 17.7. The molecule has 0 atom stereocenters. The van der Waals surface area contributed by atoms with Crippen LogP contribution in [0.15, 0.2) is 83.9 Å². The van der Waals surface area contributed by atoms with Crippen LogP contribution in [0.1, 0.15) is 40.2 Å². The van der Waals surface area contributed by atoms with E-state index in [2.05, 4.69) is 25.7 Å². The zero-order chi connectivity index (χ0) is 31.2. The number of hydrogen-bond acceptors (Lipinski definition) is 7. The molecule has 0 aliphatic heterocycles. The van der Waals surface area contributed by atoms with E-state index in [0.717, 1.165) is 21.8 Å². The average Bonchev–Trinajstić information content (AvgIpc) is 3.41. The van der Waals surface area contributed by atoms with Gasteiger partial charge in [-0.3, -0.25) is 5.32 Å². The number of benzene rings is 3. The van der Waals surface area contributed by atoms with Crippen molar-refractivity contribution in [3.05, 3.63) is 84.6 Å². The van der Waals surface area contributed by atoms with Crippen molar-refractivity contribution in [2.75, 3.05) is 10.6 Å². The Labute approximate surface area is 262 Å². The number of thiocarbonyl (C=S) groups is 1. The molecule has 0 saturated carbocycles. The van der Waals surface area contributed by atoms with Crippen LogP contribution >= 0.6 is 23.6 Å². The summed E-state index contributed by atoms with van der Waals surface area (Å²) in [6, 6.07) is 21.9. The van der Waals surface area contributed by atoms with Gasteiger partial charge in [0, 0.05) is 40.3 Å². The standard InChI is InChI=1S/C31H35N5O4S3/c1-20(2)33-29(41)34-23-13-11-22(12-14-23)28-32-18-26(42-28)25-16-15-24(17-27(25)43(38,39)36-31(3,4)5)35-30(37)40-19-21-9-7-6-8-10-21/h6-18,20,36H,19H2,1-5H3,(H,35,37)(H2,33,34,41). The van der Waals surface area contributed by atoms with Crippen LogP contribution in [-0.2, 0) is 21.4 Å². The average molecular weight is 638 g/mol. The first-order valence-electron chi connectivity index (χ1n) is 13.6. The fourth-order valence-corrected chi connectivity index (χ4v) is 7.06. The number of rotatable bonds is 9. The third-order valence-corrected chi connectivity index (χ3v) is 8.85. The molecule has 1 heterocycles. The molecule has 0 bridgehead atoms. The number of ether oxygens (including phenoxy) is 1. The zero-order valence-electron chi connectivity index (χ0n) is 24.6. The summed E-state index contributed by atoms with van der Waals surface area (Å²) >= 11 is 6.69. The van der Waals surface area contributed by atoms with E-state index in [1.165, 1.54) is 17.4 Å². The number of carbonyl (C=O) groups is 1. The van der Waals surface area contributed by atoms with Crippen LogP contribution in [0.3, 0.4) is 0 Å². The van der Waals surface area contributed by atoms with Gasteiger partial charge in [0.2, 0.25) is 10.0 Å². The molecule has 12 heteroatoms. The molecule has 0 radical (unpaired) electrons. The molecule has 0 saturated heterocycles. The number of aromatic nitrogens is 1. The van der Waals surface area contributed by atoms with Gasteiger partial charge in [0.15, 0.2) is 5.11 Å². The first-order valence-corrected chi connectivity index (χ1v) is 16.3. The summed E-state index contributed by atoms with van der Waals surface area (Å²) in [5.74, 6) is 0. The first kappa shape index (κ1) is 32.1. The van der Waals surface area contributed by atoms with E-state index < -0.39 is 21.7 Å². The molecule has 226 valence electrons. The molecule has 3 aromatic carbocycles. The van der Waals surface area contributed by atoms with E-state index in [1.54, 1.807) is 39.1 Å². The van der Waals surface area contributed by atoms with Crippen molar-refractivity contribution in [2.45, 2.75) is 57.7 Å². The van der Waals surface area contributed by atoms with E-state index in [1.807, 2.05) is 68.4 Å². The highest BCUT2D eigenvalue weighted by Gasteiger charge is 2.27. The molecule has 1 aromatic heterocycles. The Hall–Kier alpha value is -3.84. The van der Waals surface area contributed by atoms with Gasteiger partial charge in [-0.25, -0.2) is 22.9 Å². The lowest BCUT2D eigenvalue weighted by atomic mass is 10.1. The van der Waals surface area contributed by atoms with Gasteiger partial charge >= 0.3 is 6.09 Å². The minimum atomic E-state index is -3.98. The molecule has 4 N–H and O–H groups in total. The van der Waals surface area contributed by atoms with E-state index in [-0.39, 0.29) is 23.2 Å². The molecule has 0 fully saturated rings. The number of nitrogens with zero attached hydrogens (tertiary/aromatic N) is 1. The second-order valence-corrected chi connectivity index (χ2v) is 14.2. The van der Waals surface area contributed by atoms with Crippen molar-refractivity contribution in [1.29, 1.82) is 0 Å². The van der Waals surface area contributed by atoms with Crippen molar-refractivity contribution < 1.29 is 17.9 Å². The summed E-state index contributed by atoms with van der Waals surface area (Å²) in [6.45, 7) is 9.41. The third-order valence-electron chi connectivity index (χ3n) is 5.75. The molecule has 43 heavy (non-hydrogen) atoms. The number of hydrogen-bond donors (Lipinski definition) is 4. The van der Waals surface area contributed by atoms with Gasteiger partial charge in [0.1, 0.15) is 11.6 Å². The monoisotopic (exact) mass is 637 g/mol. The maximum absolute atomic E-state index is 13.6. The summed E-state index contributed by atoms with van der Waals surface area (Å²) in [5, 5.41) is 10.2. The minimum Gasteiger partial charge on any atom is -0.444 e. The quantitative estimate of drug-likeness (QED) is 0.145. The predicted molar refractivity (Wildman–Crippen MR) is 178 cm³/mol. The number of carbonyl (C=O) groups excluding carboxylic acids is 1. The summed E-state index contributed by atoms with van der Waals surface area (Å²) in [6.07, 6.45) is 0.961. The highest BCUT2D eigenvalue weighted by molar-refractivity contribution is 7.89. The van der Waals surface area contributed by atoms with Crippen LogP contribution in [0.4, 0.5) is 16.2 Å². The van der Waals surface area contributed by atoms with E-state index in [0.29, 0.717) is 15.6 Å².